The van der Waals surface area contributed by atoms with Crippen molar-refractivity contribution in [3.05, 3.63) is 58.1 Å². The second-order valence-corrected chi connectivity index (χ2v) is 7.03. The van der Waals surface area contributed by atoms with E-state index in [-0.39, 0.29) is 5.91 Å². The standard InChI is InChI=1S/C19H18BrF3N2O2/c1-27-15-5-6-17(20)16(12-15)18(26)25-9-7-24(8-10-25)14-4-2-3-13(11-14)19(21,22)23/h2-6,11-12H,7-10H2,1H3. The van der Waals surface area contributed by atoms with Gasteiger partial charge in [0, 0.05) is 36.3 Å². The second-order valence-electron chi connectivity index (χ2n) is 6.17. The predicted molar refractivity (Wildman–Crippen MR) is 100 cm³/mol. The zero-order valence-corrected chi connectivity index (χ0v) is 16.2. The summed E-state index contributed by atoms with van der Waals surface area (Å²) in [4.78, 5) is 16.3. The molecule has 144 valence electrons. The molecule has 0 aliphatic carbocycles. The van der Waals surface area contributed by atoms with Crippen molar-refractivity contribution in [3.8, 4) is 5.75 Å². The topological polar surface area (TPSA) is 32.8 Å². The van der Waals surface area contributed by atoms with E-state index >= 15 is 0 Å². The first-order chi connectivity index (χ1) is 12.8. The van der Waals surface area contributed by atoms with Gasteiger partial charge in [-0.15, -0.1) is 0 Å². The van der Waals surface area contributed by atoms with Crippen LogP contribution in [0.3, 0.4) is 0 Å². The zero-order chi connectivity index (χ0) is 19.6. The average molecular weight is 443 g/mol. The maximum Gasteiger partial charge on any atom is 0.416 e. The summed E-state index contributed by atoms with van der Waals surface area (Å²) in [6.07, 6.45) is -4.37. The first-order valence-corrected chi connectivity index (χ1v) is 9.14. The van der Waals surface area contributed by atoms with Gasteiger partial charge in [0.25, 0.3) is 5.91 Å². The summed E-state index contributed by atoms with van der Waals surface area (Å²) in [7, 11) is 1.53. The van der Waals surface area contributed by atoms with Crippen molar-refractivity contribution in [2.45, 2.75) is 6.18 Å². The molecular formula is C19H18BrF3N2O2. The number of carbonyl (C=O) groups excluding carboxylic acids is 1. The van der Waals surface area contributed by atoms with E-state index in [4.69, 9.17) is 4.74 Å². The quantitative estimate of drug-likeness (QED) is 0.704. The lowest BCUT2D eigenvalue weighted by Gasteiger charge is -2.36. The van der Waals surface area contributed by atoms with Crippen LogP contribution in [0.15, 0.2) is 46.9 Å². The highest BCUT2D eigenvalue weighted by atomic mass is 79.9. The molecule has 1 aliphatic heterocycles. The third kappa shape index (κ3) is 4.37. The Morgan fingerprint density at radius 1 is 1.07 bits per heavy atom. The lowest BCUT2D eigenvalue weighted by molar-refractivity contribution is -0.137. The Labute approximate surface area is 163 Å². The van der Waals surface area contributed by atoms with Gasteiger partial charge >= 0.3 is 6.18 Å². The van der Waals surface area contributed by atoms with Crippen LogP contribution in [0.1, 0.15) is 15.9 Å². The van der Waals surface area contributed by atoms with E-state index in [2.05, 4.69) is 15.9 Å². The molecule has 1 fully saturated rings. The Morgan fingerprint density at radius 2 is 1.78 bits per heavy atom. The van der Waals surface area contributed by atoms with Crippen molar-refractivity contribution < 1.29 is 22.7 Å². The van der Waals surface area contributed by atoms with Crippen LogP contribution in [0, 0.1) is 0 Å². The number of amides is 1. The van der Waals surface area contributed by atoms with Gasteiger partial charge in [0.1, 0.15) is 5.75 Å². The molecule has 8 heteroatoms. The van der Waals surface area contributed by atoms with Gasteiger partial charge in [-0.3, -0.25) is 4.79 Å². The maximum absolute atomic E-state index is 12.9. The van der Waals surface area contributed by atoms with Gasteiger partial charge in [0.15, 0.2) is 0 Å². The van der Waals surface area contributed by atoms with Gasteiger partial charge in [-0.05, 0) is 52.3 Å². The Bertz CT molecular complexity index is 834. The van der Waals surface area contributed by atoms with Crippen LogP contribution in [0.4, 0.5) is 18.9 Å². The van der Waals surface area contributed by atoms with Crippen LogP contribution in [-0.4, -0.2) is 44.1 Å². The van der Waals surface area contributed by atoms with Crippen molar-refractivity contribution in [2.75, 3.05) is 38.2 Å². The van der Waals surface area contributed by atoms with Crippen molar-refractivity contribution in [1.82, 2.24) is 4.90 Å². The molecule has 4 nitrogen and oxygen atoms in total. The summed E-state index contributed by atoms with van der Waals surface area (Å²) < 4.78 is 44.6. The molecule has 0 atom stereocenters. The van der Waals surface area contributed by atoms with Crippen molar-refractivity contribution in [2.24, 2.45) is 0 Å². The molecule has 2 aromatic carbocycles. The molecule has 0 radical (unpaired) electrons. The number of benzene rings is 2. The molecule has 3 rings (SSSR count). The number of nitrogens with zero attached hydrogens (tertiary/aromatic N) is 2. The number of alkyl halides is 3. The molecule has 0 bridgehead atoms. The van der Waals surface area contributed by atoms with E-state index < -0.39 is 11.7 Å². The molecule has 1 heterocycles. The normalized spacial score (nSPS) is 15.0. The number of methoxy groups -OCH3 is 1. The number of hydrogen-bond donors (Lipinski definition) is 0. The largest absolute Gasteiger partial charge is 0.497 e. The molecule has 1 aliphatic rings. The number of carbonyl (C=O) groups is 1. The minimum atomic E-state index is -4.37. The van der Waals surface area contributed by atoms with E-state index in [1.54, 1.807) is 29.2 Å². The first kappa shape index (κ1) is 19.5. The number of halogens is 4. The number of hydrogen-bond acceptors (Lipinski definition) is 3. The molecule has 0 unspecified atom stereocenters. The van der Waals surface area contributed by atoms with E-state index in [0.29, 0.717) is 47.7 Å². The Morgan fingerprint density at radius 3 is 2.41 bits per heavy atom. The van der Waals surface area contributed by atoms with Crippen LogP contribution >= 0.6 is 15.9 Å². The fourth-order valence-corrected chi connectivity index (χ4v) is 3.43. The molecule has 27 heavy (non-hydrogen) atoms. The molecule has 0 N–H and O–H groups in total. The van der Waals surface area contributed by atoms with Crippen LogP contribution < -0.4 is 9.64 Å². The van der Waals surface area contributed by atoms with E-state index in [1.807, 2.05) is 4.90 Å². The summed E-state index contributed by atoms with van der Waals surface area (Å²) in [5.74, 6) is 0.452. The summed E-state index contributed by atoms with van der Waals surface area (Å²) in [5, 5.41) is 0. The SMILES string of the molecule is COc1ccc(Br)c(C(=O)N2CCN(c3cccc(C(F)(F)F)c3)CC2)c1. The van der Waals surface area contributed by atoms with Gasteiger partial charge < -0.3 is 14.5 Å². The first-order valence-electron chi connectivity index (χ1n) is 8.34. The number of anilines is 1. The highest BCUT2D eigenvalue weighted by Gasteiger charge is 2.31. The highest BCUT2D eigenvalue weighted by Crippen LogP contribution is 2.32. The summed E-state index contributed by atoms with van der Waals surface area (Å²) in [6, 6.07) is 10.5. The Kier molecular flexibility index (Phi) is 5.64. The molecule has 0 spiro atoms. The third-order valence-corrected chi connectivity index (χ3v) is 5.20. The van der Waals surface area contributed by atoms with Crippen molar-refractivity contribution in [3.63, 3.8) is 0 Å². The monoisotopic (exact) mass is 442 g/mol. The second kappa shape index (κ2) is 7.80. The maximum atomic E-state index is 12.9. The molecule has 1 amide bonds. The predicted octanol–water partition coefficient (Wildman–Crippen LogP) is 4.44. The van der Waals surface area contributed by atoms with Gasteiger partial charge in [0.2, 0.25) is 0 Å². The minimum absolute atomic E-state index is 0.135. The van der Waals surface area contributed by atoms with Gasteiger partial charge in [-0.1, -0.05) is 6.07 Å². The number of rotatable bonds is 3. The Hall–Kier alpha value is -2.22. The highest BCUT2D eigenvalue weighted by molar-refractivity contribution is 9.10. The number of piperazine rings is 1. The molecule has 0 saturated carbocycles. The van der Waals surface area contributed by atoms with Crippen LogP contribution in [0.5, 0.6) is 5.75 Å². The summed E-state index contributed by atoms with van der Waals surface area (Å²) in [6.45, 7) is 1.79. The third-order valence-electron chi connectivity index (χ3n) is 4.51. The van der Waals surface area contributed by atoms with E-state index in [1.165, 1.54) is 13.2 Å². The van der Waals surface area contributed by atoms with Crippen LogP contribution in [-0.2, 0) is 6.18 Å². The zero-order valence-electron chi connectivity index (χ0n) is 14.6. The van der Waals surface area contributed by atoms with Gasteiger partial charge in [0.05, 0.1) is 18.2 Å². The van der Waals surface area contributed by atoms with Crippen molar-refractivity contribution >= 4 is 27.5 Å². The van der Waals surface area contributed by atoms with Crippen molar-refractivity contribution in [1.29, 1.82) is 0 Å². The van der Waals surface area contributed by atoms with E-state index in [9.17, 15) is 18.0 Å². The average Bonchev–Trinajstić information content (AvgIpc) is 2.67. The molecular weight excluding hydrogens is 425 g/mol. The fraction of sp³-hybridized carbons (Fsp3) is 0.316. The summed E-state index contributed by atoms with van der Waals surface area (Å²) >= 11 is 3.38. The summed E-state index contributed by atoms with van der Waals surface area (Å²) in [5.41, 5.74) is 0.347. The van der Waals surface area contributed by atoms with Crippen LogP contribution in [0.25, 0.3) is 0 Å². The minimum Gasteiger partial charge on any atom is -0.497 e. The lowest BCUT2D eigenvalue weighted by atomic mass is 10.1. The van der Waals surface area contributed by atoms with Crippen LogP contribution in [0.2, 0.25) is 0 Å². The molecule has 0 aromatic heterocycles. The molecule has 1 saturated heterocycles. The smallest absolute Gasteiger partial charge is 0.416 e. The number of ether oxygens (including phenoxy) is 1. The van der Waals surface area contributed by atoms with E-state index in [0.717, 1.165) is 12.1 Å². The van der Waals surface area contributed by atoms with Gasteiger partial charge in [-0.25, -0.2) is 0 Å². The lowest BCUT2D eigenvalue weighted by Crippen LogP contribution is -2.48. The van der Waals surface area contributed by atoms with Gasteiger partial charge in [-0.2, -0.15) is 13.2 Å². The molecule has 2 aromatic rings. The Balaban J connectivity index is 1.70. The fourth-order valence-electron chi connectivity index (χ4n) is 3.01.